The molecule has 0 bridgehead atoms. The number of hydrogen-bond donors (Lipinski definition) is 1. The topological polar surface area (TPSA) is 30.5 Å². The van der Waals surface area contributed by atoms with Crippen molar-refractivity contribution in [3.63, 3.8) is 0 Å². The lowest BCUT2D eigenvalue weighted by Crippen LogP contribution is -2.03. The van der Waals surface area contributed by atoms with Crippen LogP contribution in [0.25, 0.3) is 0 Å². The number of benzene rings is 1. The lowest BCUT2D eigenvalue weighted by atomic mass is 10.2. The Bertz CT molecular complexity index is 326. The van der Waals surface area contributed by atoms with Crippen LogP contribution in [-0.4, -0.2) is 20.3 Å². The molecule has 0 saturated heterocycles. The summed E-state index contributed by atoms with van der Waals surface area (Å²) in [5.41, 5.74) is 0.781. The maximum Gasteiger partial charge on any atom is 0.206 e. The first kappa shape index (κ1) is 13.6. The Kier molecular flexibility index (Phi) is 5.60. The molecular formula is C13H20FNO2. The average molecular weight is 241 g/mol. The summed E-state index contributed by atoms with van der Waals surface area (Å²) < 4.78 is 24.7. The molecule has 0 aliphatic carbocycles. The molecule has 0 aromatic heterocycles. The first-order valence-electron chi connectivity index (χ1n) is 5.99. The maximum absolute atomic E-state index is 14.0. The summed E-state index contributed by atoms with van der Waals surface area (Å²) in [6.45, 7) is 4.96. The number of halogens is 1. The predicted octanol–water partition coefficient (Wildman–Crippen LogP) is 3.45. The van der Waals surface area contributed by atoms with Crippen molar-refractivity contribution in [1.82, 2.24) is 0 Å². The summed E-state index contributed by atoms with van der Waals surface area (Å²) >= 11 is 0. The van der Waals surface area contributed by atoms with Crippen LogP contribution < -0.4 is 14.8 Å². The van der Waals surface area contributed by atoms with E-state index in [2.05, 4.69) is 5.32 Å². The number of nitrogens with one attached hydrogen (secondary N) is 1. The molecule has 1 rings (SSSR count). The van der Waals surface area contributed by atoms with E-state index in [1.54, 1.807) is 19.2 Å². The zero-order valence-corrected chi connectivity index (χ0v) is 10.7. The molecular weight excluding hydrogens is 221 g/mol. The Morgan fingerprint density at radius 3 is 1.88 bits per heavy atom. The molecule has 4 heteroatoms. The number of anilines is 1. The smallest absolute Gasteiger partial charge is 0.206 e. The van der Waals surface area contributed by atoms with Crippen molar-refractivity contribution >= 4 is 5.69 Å². The molecule has 0 amide bonds. The van der Waals surface area contributed by atoms with E-state index in [0.717, 1.165) is 18.5 Å². The van der Waals surface area contributed by atoms with Crippen molar-refractivity contribution in [2.24, 2.45) is 0 Å². The molecule has 1 N–H and O–H groups in total. The fraction of sp³-hybridized carbons (Fsp3) is 0.538. The van der Waals surface area contributed by atoms with Crippen LogP contribution in [0.3, 0.4) is 0 Å². The van der Waals surface area contributed by atoms with Crippen molar-refractivity contribution in [3.8, 4) is 11.5 Å². The normalized spacial score (nSPS) is 10.1. The van der Waals surface area contributed by atoms with Crippen LogP contribution in [0.2, 0.25) is 0 Å². The van der Waals surface area contributed by atoms with Gasteiger partial charge in [0.15, 0.2) is 11.5 Å². The molecule has 0 spiro atoms. The van der Waals surface area contributed by atoms with Crippen molar-refractivity contribution in [2.75, 3.05) is 25.6 Å². The van der Waals surface area contributed by atoms with Crippen LogP contribution in [0, 0.1) is 5.82 Å². The molecule has 0 atom stereocenters. The zero-order valence-electron chi connectivity index (χ0n) is 10.7. The van der Waals surface area contributed by atoms with E-state index < -0.39 is 5.82 Å². The van der Waals surface area contributed by atoms with Gasteiger partial charge in [-0.2, -0.15) is 4.39 Å². The van der Waals surface area contributed by atoms with Crippen LogP contribution in [0.4, 0.5) is 10.1 Å². The van der Waals surface area contributed by atoms with Gasteiger partial charge in [-0.1, -0.05) is 13.8 Å². The predicted molar refractivity (Wildman–Crippen MR) is 67.5 cm³/mol. The van der Waals surface area contributed by atoms with E-state index in [4.69, 9.17) is 9.47 Å². The van der Waals surface area contributed by atoms with Gasteiger partial charge in [-0.15, -0.1) is 0 Å². The van der Waals surface area contributed by atoms with E-state index >= 15 is 0 Å². The van der Waals surface area contributed by atoms with Crippen LogP contribution in [0.5, 0.6) is 11.5 Å². The molecule has 1 aromatic rings. The lowest BCUT2D eigenvalue weighted by molar-refractivity contribution is 0.274. The zero-order chi connectivity index (χ0) is 12.7. The number of hydrogen-bond acceptors (Lipinski definition) is 3. The highest BCUT2D eigenvalue weighted by Crippen LogP contribution is 2.31. The SMILES string of the molecule is CCCOc1cc(NC)cc(OCCC)c1F. The minimum absolute atomic E-state index is 0.241. The summed E-state index contributed by atoms with van der Waals surface area (Å²) in [6, 6.07) is 3.29. The number of ether oxygens (including phenoxy) is 2. The third-order valence-corrected chi connectivity index (χ3v) is 2.22. The molecule has 96 valence electrons. The Labute approximate surface area is 102 Å². The highest BCUT2D eigenvalue weighted by atomic mass is 19.1. The van der Waals surface area contributed by atoms with Crippen LogP contribution in [0.15, 0.2) is 12.1 Å². The molecule has 0 aliphatic rings. The minimum Gasteiger partial charge on any atom is -0.490 e. The maximum atomic E-state index is 14.0. The van der Waals surface area contributed by atoms with Crippen LogP contribution >= 0.6 is 0 Å². The molecule has 3 nitrogen and oxygen atoms in total. The Balaban J connectivity index is 2.94. The van der Waals surface area contributed by atoms with Crippen LogP contribution in [0.1, 0.15) is 26.7 Å². The summed E-state index contributed by atoms with van der Waals surface area (Å²) in [5.74, 6) is 0.0560. The third kappa shape index (κ3) is 3.80. The van der Waals surface area contributed by atoms with E-state index in [9.17, 15) is 4.39 Å². The summed E-state index contributed by atoms with van der Waals surface area (Å²) in [7, 11) is 1.78. The van der Waals surface area contributed by atoms with Gasteiger partial charge in [0.1, 0.15) is 0 Å². The van der Waals surface area contributed by atoms with Gasteiger partial charge in [0.05, 0.1) is 13.2 Å². The van der Waals surface area contributed by atoms with Crippen molar-refractivity contribution < 1.29 is 13.9 Å². The second-order valence-corrected chi connectivity index (χ2v) is 3.73. The lowest BCUT2D eigenvalue weighted by Gasteiger charge is -2.13. The second kappa shape index (κ2) is 6.99. The molecule has 17 heavy (non-hydrogen) atoms. The standard InChI is InChI=1S/C13H20FNO2/c1-4-6-16-11-8-10(15-3)9-12(13(11)14)17-7-5-2/h8-9,15H,4-7H2,1-3H3. The van der Waals surface area contributed by atoms with Crippen molar-refractivity contribution in [3.05, 3.63) is 17.9 Å². The monoisotopic (exact) mass is 241 g/mol. The quantitative estimate of drug-likeness (QED) is 0.793. The highest BCUT2D eigenvalue weighted by molar-refractivity contribution is 5.54. The largest absolute Gasteiger partial charge is 0.490 e. The summed E-state index contributed by atoms with van der Waals surface area (Å²) in [5, 5.41) is 2.96. The average Bonchev–Trinajstić information content (AvgIpc) is 2.36. The molecule has 0 saturated carbocycles. The molecule has 1 aromatic carbocycles. The fourth-order valence-electron chi connectivity index (χ4n) is 1.35. The fourth-order valence-corrected chi connectivity index (χ4v) is 1.35. The van der Waals surface area contributed by atoms with Gasteiger partial charge in [-0.05, 0) is 12.8 Å². The summed E-state index contributed by atoms with van der Waals surface area (Å²) in [6.07, 6.45) is 1.68. The van der Waals surface area contributed by atoms with Gasteiger partial charge in [0.2, 0.25) is 5.82 Å². The molecule has 0 aliphatic heterocycles. The Morgan fingerprint density at radius 2 is 1.53 bits per heavy atom. The van der Waals surface area contributed by atoms with Gasteiger partial charge in [-0.3, -0.25) is 0 Å². The Morgan fingerprint density at radius 1 is 1.06 bits per heavy atom. The third-order valence-electron chi connectivity index (χ3n) is 2.22. The van der Waals surface area contributed by atoms with E-state index in [0.29, 0.717) is 13.2 Å². The van der Waals surface area contributed by atoms with E-state index in [1.807, 2.05) is 13.8 Å². The minimum atomic E-state index is -0.425. The molecule has 0 unspecified atom stereocenters. The first-order chi connectivity index (χ1) is 8.22. The van der Waals surface area contributed by atoms with Gasteiger partial charge in [0.25, 0.3) is 0 Å². The van der Waals surface area contributed by atoms with E-state index in [-0.39, 0.29) is 11.5 Å². The highest BCUT2D eigenvalue weighted by Gasteiger charge is 2.12. The van der Waals surface area contributed by atoms with Gasteiger partial charge < -0.3 is 14.8 Å². The first-order valence-corrected chi connectivity index (χ1v) is 5.99. The van der Waals surface area contributed by atoms with E-state index in [1.165, 1.54) is 0 Å². The summed E-state index contributed by atoms with van der Waals surface area (Å²) in [4.78, 5) is 0. The second-order valence-electron chi connectivity index (χ2n) is 3.73. The van der Waals surface area contributed by atoms with Gasteiger partial charge >= 0.3 is 0 Å². The van der Waals surface area contributed by atoms with Gasteiger partial charge in [-0.25, -0.2) is 0 Å². The van der Waals surface area contributed by atoms with Crippen molar-refractivity contribution in [1.29, 1.82) is 0 Å². The van der Waals surface area contributed by atoms with Crippen LogP contribution in [-0.2, 0) is 0 Å². The Hall–Kier alpha value is -1.45. The van der Waals surface area contributed by atoms with Gasteiger partial charge in [0, 0.05) is 24.9 Å². The number of rotatable bonds is 7. The molecule has 0 fully saturated rings. The molecule has 0 radical (unpaired) electrons. The van der Waals surface area contributed by atoms with Crippen molar-refractivity contribution in [2.45, 2.75) is 26.7 Å². The molecule has 0 heterocycles.